The highest BCUT2D eigenvalue weighted by molar-refractivity contribution is 7.15. The van der Waals surface area contributed by atoms with Gasteiger partial charge in [-0.25, -0.2) is 9.97 Å². The zero-order valence-corrected chi connectivity index (χ0v) is 15.6. The van der Waals surface area contributed by atoms with Crippen LogP contribution in [0.1, 0.15) is 52.1 Å². The maximum absolute atomic E-state index is 12.9. The molecule has 24 heavy (non-hydrogen) atoms. The minimum absolute atomic E-state index is 0.172. The quantitative estimate of drug-likeness (QED) is 0.786. The predicted octanol–water partition coefficient (Wildman–Crippen LogP) is 3.73. The number of hydrogen-bond acceptors (Lipinski definition) is 5. The van der Waals surface area contributed by atoms with Crippen LogP contribution in [-0.4, -0.2) is 25.7 Å². The summed E-state index contributed by atoms with van der Waals surface area (Å²) in [6.45, 7) is 9.95. The van der Waals surface area contributed by atoms with Crippen molar-refractivity contribution in [1.29, 1.82) is 0 Å². The minimum atomic E-state index is -0.172. The number of carbonyl (C=O) groups excluding carboxylic acids is 1. The molecule has 0 aliphatic rings. The number of carbonyl (C=O) groups is 1. The van der Waals surface area contributed by atoms with Crippen molar-refractivity contribution in [2.75, 3.05) is 5.32 Å². The standard InChI is InChI=1S/C17H21N5OS/c1-8(2)13-7-12(14-10(4)21-22(6)15(14)19-13)16(23)20-17-18-9(3)11(5)24-17/h7-8H,1-6H3,(H,18,20,23). The first-order valence-corrected chi connectivity index (χ1v) is 8.69. The molecular weight excluding hydrogens is 322 g/mol. The number of nitrogens with zero attached hydrogens (tertiary/aromatic N) is 4. The minimum Gasteiger partial charge on any atom is -0.298 e. The summed E-state index contributed by atoms with van der Waals surface area (Å²) in [6, 6.07) is 1.87. The highest BCUT2D eigenvalue weighted by atomic mass is 32.1. The van der Waals surface area contributed by atoms with Crippen LogP contribution in [0.25, 0.3) is 11.0 Å². The molecule has 0 aliphatic heterocycles. The summed E-state index contributed by atoms with van der Waals surface area (Å²) in [7, 11) is 1.85. The normalized spacial score (nSPS) is 11.5. The SMILES string of the molecule is Cc1nc(NC(=O)c2cc(C(C)C)nc3c2c(C)nn3C)sc1C. The Labute approximate surface area is 144 Å². The number of aromatic nitrogens is 4. The Balaban J connectivity index is 2.11. The highest BCUT2D eigenvalue weighted by Crippen LogP contribution is 2.27. The number of pyridine rings is 1. The Bertz CT molecular complexity index is 919. The molecule has 6 nitrogen and oxygen atoms in total. The molecule has 3 heterocycles. The molecule has 0 atom stereocenters. The van der Waals surface area contributed by atoms with E-state index in [0.29, 0.717) is 10.7 Å². The Morgan fingerprint density at radius 1 is 1.21 bits per heavy atom. The summed E-state index contributed by atoms with van der Waals surface area (Å²) in [5, 5.41) is 8.75. The van der Waals surface area contributed by atoms with Gasteiger partial charge in [-0.2, -0.15) is 5.10 Å². The van der Waals surface area contributed by atoms with Gasteiger partial charge in [-0.3, -0.25) is 14.8 Å². The molecule has 1 N–H and O–H groups in total. The van der Waals surface area contributed by atoms with E-state index in [1.54, 1.807) is 4.68 Å². The molecule has 0 bridgehead atoms. The molecule has 0 saturated carbocycles. The van der Waals surface area contributed by atoms with Crippen molar-refractivity contribution in [3.63, 3.8) is 0 Å². The van der Waals surface area contributed by atoms with Gasteiger partial charge in [0.1, 0.15) is 0 Å². The molecule has 0 saturated heterocycles. The van der Waals surface area contributed by atoms with Crippen molar-refractivity contribution in [2.24, 2.45) is 7.05 Å². The van der Waals surface area contributed by atoms with Crippen LogP contribution in [-0.2, 0) is 7.05 Å². The molecular formula is C17H21N5OS. The number of hydrogen-bond donors (Lipinski definition) is 1. The molecule has 126 valence electrons. The zero-order chi connectivity index (χ0) is 17.6. The molecule has 7 heteroatoms. The fraction of sp³-hybridized carbons (Fsp3) is 0.412. The van der Waals surface area contributed by atoms with Gasteiger partial charge >= 0.3 is 0 Å². The van der Waals surface area contributed by atoms with E-state index in [4.69, 9.17) is 0 Å². The Morgan fingerprint density at radius 2 is 1.92 bits per heavy atom. The van der Waals surface area contributed by atoms with E-state index >= 15 is 0 Å². The first-order chi connectivity index (χ1) is 11.3. The van der Waals surface area contributed by atoms with Crippen molar-refractivity contribution in [3.8, 4) is 0 Å². The third-order valence-corrected chi connectivity index (χ3v) is 5.06. The van der Waals surface area contributed by atoms with Gasteiger partial charge in [0.15, 0.2) is 10.8 Å². The summed E-state index contributed by atoms with van der Waals surface area (Å²) >= 11 is 1.48. The molecule has 0 spiro atoms. The molecule has 0 radical (unpaired) electrons. The van der Waals surface area contributed by atoms with Crippen LogP contribution in [0.5, 0.6) is 0 Å². The third kappa shape index (κ3) is 2.80. The van der Waals surface area contributed by atoms with E-state index in [1.165, 1.54) is 11.3 Å². The fourth-order valence-corrected chi connectivity index (χ4v) is 3.44. The smallest absolute Gasteiger partial charge is 0.258 e. The lowest BCUT2D eigenvalue weighted by molar-refractivity contribution is 0.102. The Hall–Kier alpha value is -2.28. The number of fused-ring (bicyclic) bond motifs is 1. The van der Waals surface area contributed by atoms with Crippen molar-refractivity contribution >= 4 is 33.4 Å². The van der Waals surface area contributed by atoms with Crippen molar-refractivity contribution in [2.45, 2.75) is 40.5 Å². The van der Waals surface area contributed by atoms with E-state index in [2.05, 4.69) is 34.2 Å². The average molecular weight is 343 g/mol. The lowest BCUT2D eigenvalue weighted by atomic mass is 10.0. The van der Waals surface area contributed by atoms with E-state index in [-0.39, 0.29) is 11.8 Å². The predicted molar refractivity (Wildman–Crippen MR) is 96.9 cm³/mol. The number of rotatable bonds is 3. The Kier molecular flexibility index (Phi) is 4.13. The van der Waals surface area contributed by atoms with Crippen LogP contribution in [0, 0.1) is 20.8 Å². The van der Waals surface area contributed by atoms with Gasteiger partial charge < -0.3 is 0 Å². The number of aryl methyl sites for hydroxylation is 4. The third-order valence-electron chi connectivity index (χ3n) is 4.07. The monoisotopic (exact) mass is 343 g/mol. The largest absolute Gasteiger partial charge is 0.298 e. The van der Waals surface area contributed by atoms with E-state index in [0.717, 1.165) is 33.0 Å². The molecule has 0 aromatic carbocycles. The fourth-order valence-electron chi connectivity index (χ4n) is 2.63. The molecule has 0 fully saturated rings. The topological polar surface area (TPSA) is 72.7 Å². The summed E-state index contributed by atoms with van der Waals surface area (Å²) in [6.07, 6.45) is 0. The summed E-state index contributed by atoms with van der Waals surface area (Å²) in [5.41, 5.74) is 3.94. The maximum Gasteiger partial charge on any atom is 0.258 e. The van der Waals surface area contributed by atoms with Crippen LogP contribution in [0.4, 0.5) is 5.13 Å². The first-order valence-electron chi connectivity index (χ1n) is 7.87. The van der Waals surface area contributed by atoms with Gasteiger partial charge in [0.25, 0.3) is 5.91 Å². The van der Waals surface area contributed by atoms with Crippen molar-refractivity contribution < 1.29 is 4.79 Å². The highest BCUT2D eigenvalue weighted by Gasteiger charge is 2.20. The molecule has 0 aliphatic carbocycles. The van der Waals surface area contributed by atoms with Crippen LogP contribution < -0.4 is 5.32 Å². The molecule has 3 aromatic heterocycles. The number of nitrogens with one attached hydrogen (secondary N) is 1. The van der Waals surface area contributed by atoms with Gasteiger partial charge in [-0.1, -0.05) is 13.8 Å². The molecule has 1 amide bonds. The summed E-state index contributed by atoms with van der Waals surface area (Å²) in [4.78, 5) is 23.0. The lowest BCUT2D eigenvalue weighted by Gasteiger charge is -2.10. The summed E-state index contributed by atoms with van der Waals surface area (Å²) in [5.74, 6) is 0.0506. The van der Waals surface area contributed by atoms with Crippen molar-refractivity contribution in [1.82, 2.24) is 19.7 Å². The second-order valence-electron chi connectivity index (χ2n) is 6.27. The number of amides is 1. The first kappa shape index (κ1) is 16.6. The number of anilines is 1. The summed E-state index contributed by atoms with van der Waals surface area (Å²) < 4.78 is 1.73. The maximum atomic E-state index is 12.9. The lowest BCUT2D eigenvalue weighted by Crippen LogP contribution is -2.14. The molecule has 0 unspecified atom stereocenters. The van der Waals surface area contributed by atoms with Gasteiger partial charge in [0.05, 0.1) is 22.3 Å². The van der Waals surface area contributed by atoms with Crippen molar-refractivity contribution in [3.05, 3.63) is 33.6 Å². The van der Waals surface area contributed by atoms with Crippen LogP contribution in [0.3, 0.4) is 0 Å². The second kappa shape index (κ2) is 5.98. The second-order valence-corrected chi connectivity index (χ2v) is 7.47. The molecule has 3 aromatic rings. The van der Waals surface area contributed by atoms with Gasteiger partial charge in [-0.05, 0) is 32.8 Å². The van der Waals surface area contributed by atoms with Gasteiger partial charge in [0.2, 0.25) is 0 Å². The van der Waals surface area contributed by atoms with E-state index in [9.17, 15) is 4.79 Å². The van der Waals surface area contributed by atoms with Gasteiger partial charge in [-0.15, -0.1) is 11.3 Å². The van der Waals surface area contributed by atoms with E-state index in [1.807, 2.05) is 33.9 Å². The Morgan fingerprint density at radius 3 is 2.50 bits per heavy atom. The van der Waals surface area contributed by atoms with Gasteiger partial charge in [0, 0.05) is 17.6 Å². The van der Waals surface area contributed by atoms with E-state index < -0.39 is 0 Å². The van der Waals surface area contributed by atoms with Crippen LogP contribution in [0.2, 0.25) is 0 Å². The zero-order valence-electron chi connectivity index (χ0n) is 14.8. The van der Waals surface area contributed by atoms with Crippen LogP contribution >= 0.6 is 11.3 Å². The molecule has 3 rings (SSSR count). The number of thiazole rings is 1. The van der Waals surface area contributed by atoms with Crippen LogP contribution in [0.15, 0.2) is 6.07 Å². The average Bonchev–Trinajstić information content (AvgIpc) is 2.97.